The van der Waals surface area contributed by atoms with Gasteiger partial charge in [0.25, 0.3) is 11.8 Å². The van der Waals surface area contributed by atoms with Crippen molar-refractivity contribution in [2.45, 2.75) is 32.2 Å². The molecule has 2 unspecified atom stereocenters. The highest BCUT2D eigenvalue weighted by molar-refractivity contribution is 6.20. The standard InChI is InChI=1S/C14H15ClF3N3O/c1-13(8-15,14(2,17)18)12(22)21-11(3-4-20-21)9-5-10(16)7-19-6-9/h4-7,11H,3,8H2,1-2H3. The average molecular weight is 334 g/mol. The number of rotatable bonds is 4. The minimum atomic E-state index is -3.32. The molecule has 0 bridgehead atoms. The van der Waals surface area contributed by atoms with E-state index in [9.17, 15) is 18.0 Å². The van der Waals surface area contributed by atoms with Gasteiger partial charge in [-0.15, -0.1) is 11.6 Å². The maximum atomic E-state index is 13.8. The van der Waals surface area contributed by atoms with Crippen molar-refractivity contribution in [3.05, 3.63) is 29.8 Å². The molecule has 4 nitrogen and oxygen atoms in total. The maximum absolute atomic E-state index is 13.8. The van der Waals surface area contributed by atoms with Crippen LogP contribution in [0.4, 0.5) is 13.2 Å². The van der Waals surface area contributed by atoms with E-state index in [1.807, 2.05) is 0 Å². The van der Waals surface area contributed by atoms with Crippen LogP contribution in [-0.2, 0) is 4.79 Å². The second-order valence-electron chi connectivity index (χ2n) is 5.49. The lowest BCUT2D eigenvalue weighted by molar-refractivity contribution is -0.163. The van der Waals surface area contributed by atoms with Crippen molar-refractivity contribution >= 4 is 23.7 Å². The predicted molar refractivity (Wildman–Crippen MR) is 76.3 cm³/mol. The fourth-order valence-corrected chi connectivity index (χ4v) is 2.46. The summed E-state index contributed by atoms with van der Waals surface area (Å²) < 4.78 is 40.9. The molecule has 2 rings (SSSR count). The summed E-state index contributed by atoms with van der Waals surface area (Å²) in [4.78, 5) is 16.3. The molecule has 1 aromatic rings. The first-order valence-corrected chi connectivity index (χ1v) is 7.14. The predicted octanol–water partition coefficient (Wildman–Crippen LogP) is 3.38. The van der Waals surface area contributed by atoms with Gasteiger partial charge < -0.3 is 0 Å². The normalized spacial score (nSPS) is 21.0. The molecule has 8 heteroatoms. The first-order valence-electron chi connectivity index (χ1n) is 6.61. The molecule has 0 N–H and O–H groups in total. The van der Waals surface area contributed by atoms with E-state index in [4.69, 9.17) is 11.6 Å². The van der Waals surface area contributed by atoms with Gasteiger partial charge in [-0.3, -0.25) is 9.78 Å². The molecule has 1 aliphatic heterocycles. The Labute approximate surface area is 131 Å². The van der Waals surface area contributed by atoms with Crippen LogP contribution in [0.25, 0.3) is 0 Å². The highest BCUT2D eigenvalue weighted by Crippen LogP contribution is 2.42. The molecule has 0 saturated heterocycles. The van der Waals surface area contributed by atoms with Gasteiger partial charge in [-0.1, -0.05) is 0 Å². The number of carbonyl (C=O) groups excluding carboxylic acids is 1. The van der Waals surface area contributed by atoms with Crippen LogP contribution in [0.15, 0.2) is 23.6 Å². The second-order valence-corrected chi connectivity index (χ2v) is 5.76. The zero-order chi connectivity index (χ0) is 16.5. The van der Waals surface area contributed by atoms with Gasteiger partial charge in [0, 0.05) is 31.6 Å². The lowest BCUT2D eigenvalue weighted by Crippen LogP contribution is -2.51. The van der Waals surface area contributed by atoms with E-state index in [1.165, 1.54) is 18.5 Å². The summed E-state index contributed by atoms with van der Waals surface area (Å²) in [6, 6.07) is 0.537. The molecule has 2 heterocycles. The van der Waals surface area contributed by atoms with E-state index in [0.29, 0.717) is 18.9 Å². The first kappa shape index (κ1) is 16.7. The molecule has 120 valence electrons. The van der Waals surface area contributed by atoms with E-state index in [0.717, 1.165) is 18.1 Å². The van der Waals surface area contributed by atoms with E-state index in [2.05, 4.69) is 10.1 Å². The van der Waals surface area contributed by atoms with Gasteiger partial charge >= 0.3 is 0 Å². The Hall–Kier alpha value is -1.63. The van der Waals surface area contributed by atoms with Crippen LogP contribution in [0.2, 0.25) is 0 Å². The molecule has 2 atom stereocenters. The average Bonchev–Trinajstić information content (AvgIpc) is 2.93. The summed E-state index contributed by atoms with van der Waals surface area (Å²) in [5.74, 6) is -5.36. The fraction of sp³-hybridized carbons (Fsp3) is 0.500. The number of pyridine rings is 1. The lowest BCUT2D eigenvalue weighted by Gasteiger charge is -2.36. The van der Waals surface area contributed by atoms with E-state index in [-0.39, 0.29) is 0 Å². The quantitative estimate of drug-likeness (QED) is 0.793. The largest absolute Gasteiger partial charge is 0.272 e. The van der Waals surface area contributed by atoms with Gasteiger partial charge in [0.05, 0.1) is 12.2 Å². The van der Waals surface area contributed by atoms with Crippen LogP contribution < -0.4 is 0 Å². The summed E-state index contributed by atoms with van der Waals surface area (Å²) in [6.45, 7) is 1.74. The number of hydrogen-bond acceptors (Lipinski definition) is 3. The van der Waals surface area contributed by atoms with Crippen LogP contribution in [0.1, 0.15) is 31.9 Å². The third-order valence-corrected chi connectivity index (χ3v) is 4.39. The van der Waals surface area contributed by atoms with Crippen molar-refractivity contribution in [1.82, 2.24) is 9.99 Å². The molecule has 0 fully saturated rings. The Morgan fingerprint density at radius 3 is 2.68 bits per heavy atom. The van der Waals surface area contributed by atoms with E-state index in [1.54, 1.807) is 0 Å². The molecule has 22 heavy (non-hydrogen) atoms. The van der Waals surface area contributed by atoms with E-state index >= 15 is 0 Å². The highest BCUT2D eigenvalue weighted by Gasteiger charge is 2.54. The molecule has 1 aliphatic rings. The molecule has 0 spiro atoms. The molecule has 0 radical (unpaired) electrons. The second kappa shape index (κ2) is 5.87. The summed E-state index contributed by atoms with van der Waals surface area (Å²) >= 11 is 5.63. The van der Waals surface area contributed by atoms with Crippen molar-refractivity contribution in [3.8, 4) is 0 Å². The van der Waals surface area contributed by atoms with Gasteiger partial charge in [-0.25, -0.2) is 18.2 Å². The monoisotopic (exact) mass is 333 g/mol. The maximum Gasteiger partial charge on any atom is 0.260 e. The number of halogens is 4. The molecule has 1 aromatic heterocycles. The minimum absolute atomic E-state index is 0.296. The molecule has 1 amide bonds. The van der Waals surface area contributed by atoms with Crippen LogP contribution in [-0.4, -0.2) is 33.9 Å². The first-order chi connectivity index (χ1) is 10.2. The zero-order valence-electron chi connectivity index (χ0n) is 12.1. The Bertz CT molecular complexity index is 605. The number of nitrogens with zero attached hydrogens (tertiary/aromatic N) is 3. The summed E-state index contributed by atoms with van der Waals surface area (Å²) in [7, 11) is 0. The molecule has 0 saturated carbocycles. The number of carbonyl (C=O) groups is 1. The van der Waals surface area contributed by atoms with Crippen molar-refractivity contribution in [1.29, 1.82) is 0 Å². The topological polar surface area (TPSA) is 45.6 Å². The highest BCUT2D eigenvalue weighted by atomic mass is 35.5. The Morgan fingerprint density at radius 1 is 1.45 bits per heavy atom. The van der Waals surface area contributed by atoms with E-state index < -0.39 is 35.0 Å². The number of amides is 1. The van der Waals surface area contributed by atoms with Gasteiger partial charge in [0.1, 0.15) is 11.2 Å². The summed E-state index contributed by atoms with van der Waals surface area (Å²) in [6.07, 6.45) is 4.12. The van der Waals surface area contributed by atoms with Crippen LogP contribution in [0.5, 0.6) is 0 Å². The van der Waals surface area contributed by atoms with Crippen LogP contribution in [0, 0.1) is 11.2 Å². The number of aromatic nitrogens is 1. The SMILES string of the molecule is CC(F)(F)C(C)(CCl)C(=O)N1N=CCC1c1cncc(F)c1. The molecular weight excluding hydrogens is 319 g/mol. The lowest BCUT2D eigenvalue weighted by atomic mass is 9.84. The Morgan fingerprint density at radius 2 is 2.14 bits per heavy atom. The number of hydrazone groups is 1. The van der Waals surface area contributed by atoms with Crippen molar-refractivity contribution < 1.29 is 18.0 Å². The van der Waals surface area contributed by atoms with Crippen LogP contribution >= 0.6 is 11.6 Å². The fourth-order valence-electron chi connectivity index (χ4n) is 2.11. The third-order valence-electron chi connectivity index (χ3n) is 3.86. The van der Waals surface area contributed by atoms with Crippen molar-refractivity contribution in [2.75, 3.05) is 5.88 Å². The van der Waals surface area contributed by atoms with Crippen molar-refractivity contribution in [3.63, 3.8) is 0 Å². The molecule has 0 aromatic carbocycles. The van der Waals surface area contributed by atoms with Gasteiger partial charge in [0.15, 0.2) is 0 Å². The zero-order valence-corrected chi connectivity index (χ0v) is 12.8. The molecular formula is C14H15ClF3N3O. The third kappa shape index (κ3) is 2.82. The molecule has 0 aliphatic carbocycles. The van der Waals surface area contributed by atoms with Crippen molar-refractivity contribution in [2.24, 2.45) is 10.5 Å². The Balaban J connectivity index is 2.34. The van der Waals surface area contributed by atoms with Crippen LogP contribution in [0.3, 0.4) is 0 Å². The van der Waals surface area contributed by atoms with Gasteiger partial charge in [-0.05, 0) is 18.6 Å². The summed E-state index contributed by atoms with van der Waals surface area (Å²) in [5.41, 5.74) is -1.71. The number of hydrogen-bond donors (Lipinski definition) is 0. The van der Waals surface area contributed by atoms with Gasteiger partial charge in [0.2, 0.25) is 0 Å². The summed E-state index contributed by atoms with van der Waals surface area (Å²) in [5, 5.41) is 4.81. The van der Waals surface area contributed by atoms with Gasteiger partial charge in [-0.2, -0.15) is 5.10 Å². The minimum Gasteiger partial charge on any atom is -0.272 e. The Kier molecular flexibility index (Phi) is 4.47. The smallest absolute Gasteiger partial charge is 0.260 e. The number of alkyl halides is 3.